The molecule has 0 fully saturated rings. The SMILES string of the molecule is C=C(C)C(=O)OCCNC(=O)C(C)(C)OCCC(C)(C)Oc1ccc(C(C)(C)c2ccc(OC(C)(C)CCOC(C)C)cc2)cc1. The lowest BCUT2D eigenvalue weighted by molar-refractivity contribution is -0.145. The van der Waals surface area contributed by atoms with Gasteiger partial charge in [-0.1, -0.05) is 44.7 Å². The number of esters is 1. The zero-order chi connectivity index (χ0) is 34.8. The van der Waals surface area contributed by atoms with Crippen LogP contribution in [-0.4, -0.2) is 61.1 Å². The summed E-state index contributed by atoms with van der Waals surface area (Å²) in [6.07, 6.45) is 1.59. The average Bonchev–Trinajstić information content (AvgIpc) is 2.94. The summed E-state index contributed by atoms with van der Waals surface area (Å²) in [5, 5.41) is 2.74. The second-order valence-corrected chi connectivity index (χ2v) is 14.3. The highest BCUT2D eigenvalue weighted by Gasteiger charge is 2.30. The minimum atomic E-state index is -1.05. The van der Waals surface area contributed by atoms with Crippen LogP contribution >= 0.6 is 0 Å². The number of hydrogen-bond acceptors (Lipinski definition) is 7. The molecule has 1 amide bonds. The molecule has 0 aliphatic rings. The molecule has 0 aliphatic carbocycles. The Labute approximate surface area is 277 Å². The first kappa shape index (κ1) is 38.8. The number of amides is 1. The Bertz CT molecular complexity index is 1280. The molecular formula is C38H57NO7. The van der Waals surface area contributed by atoms with Gasteiger partial charge < -0.3 is 29.0 Å². The second kappa shape index (κ2) is 16.5. The minimum Gasteiger partial charge on any atom is -0.488 e. The molecular weight excluding hydrogens is 582 g/mol. The summed E-state index contributed by atoms with van der Waals surface area (Å²) in [5.74, 6) is 0.840. The molecule has 256 valence electrons. The van der Waals surface area contributed by atoms with Crippen molar-refractivity contribution in [3.05, 3.63) is 71.8 Å². The Balaban J connectivity index is 1.89. The van der Waals surface area contributed by atoms with Crippen molar-refractivity contribution >= 4 is 11.9 Å². The van der Waals surface area contributed by atoms with Crippen molar-refractivity contribution in [3.63, 3.8) is 0 Å². The fraction of sp³-hybridized carbons (Fsp3) is 0.579. The van der Waals surface area contributed by atoms with Crippen LogP contribution in [0, 0.1) is 0 Å². The Morgan fingerprint density at radius 2 is 1.20 bits per heavy atom. The Kier molecular flexibility index (Phi) is 13.9. The largest absolute Gasteiger partial charge is 0.488 e. The van der Waals surface area contributed by atoms with Crippen molar-refractivity contribution in [1.29, 1.82) is 0 Å². The van der Waals surface area contributed by atoms with E-state index in [1.54, 1.807) is 20.8 Å². The van der Waals surface area contributed by atoms with Crippen LogP contribution in [0.2, 0.25) is 0 Å². The second-order valence-electron chi connectivity index (χ2n) is 14.3. The molecule has 0 spiro atoms. The number of hydrogen-bond donors (Lipinski definition) is 1. The van der Waals surface area contributed by atoms with Crippen molar-refractivity contribution in [2.45, 2.75) is 117 Å². The molecule has 46 heavy (non-hydrogen) atoms. The van der Waals surface area contributed by atoms with E-state index < -0.39 is 17.2 Å². The summed E-state index contributed by atoms with van der Waals surface area (Å²) in [5.41, 5.74) is 0.552. The predicted octanol–water partition coefficient (Wildman–Crippen LogP) is 7.56. The van der Waals surface area contributed by atoms with Gasteiger partial charge in [0.2, 0.25) is 0 Å². The maximum Gasteiger partial charge on any atom is 0.333 e. The number of benzene rings is 2. The van der Waals surface area contributed by atoms with Crippen molar-refractivity contribution in [1.82, 2.24) is 5.32 Å². The van der Waals surface area contributed by atoms with E-state index in [1.807, 2.05) is 52.0 Å². The van der Waals surface area contributed by atoms with E-state index in [0.29, 0.717) is 25.2 Å². The molecule has 0 bridgehead atoms. The van der Waals surface area contributed by atoms with Crippen LogP contribution in [0.3, 0.4) is 0 Å². The molecule has 0 unspecified atom stereocenters. The molecule has 8 nitrogen and oxygen atoms in total. The summed E-state index contributed by atoms with van der Waals surface area (Å²) in [7, 11) is 0. The van der Waals surface area contributed by atoms with Gasteiger partial charge in [-0.15, -0.1) is 0 Å². The van der Waals surface area contributed by atoms with Crippen LogP contribution in [0.1, 0.15) is 100 Å². The zero-order valence-electron chi connectivity index (χ0n) is 30.0. The summed E-state index contributed by atoms with van der Waals surface area (Å²) in [4.78, 5) is 24.1. The highest BCUT2D eigenvalue weighted by atomic mass is 16.5. The van der Waals surface area contributed by atoms with Crippen molar-refractivity contribution in [3.8, 4) is 11.5 Å². The highest BCUT2D eigenvalue weighted by molar-refractivity contribution is 5.87. The fourth-order valence-corrected chi connectivity index (χ4v) is 4.59. The molecule has 2 aromatic rings. The van der Waals surface area contributed by atoms with E-state index >= 15 is 0 Å². The topological polar surface area (TPSA) is 92.3 Å². The molecule has 0 radical (unpaired) electrons. The molecule has 0 aliphatic heterocycles. The third-order valence-corrected chi connectivity index (χ3v) is 7.78. The van der Waals surface area contributed by atoms with E-state index in [9.17, 15) is 9.59 Å². The van der Waals surface area contributed by atoms with Gasteiger partial charge in [0.25, 0.3) is 5.91 Å². The van der Waals surface area contributed by atoms with Crippen LogP contribution in [-0.2, 0) is 29.2 Å². The van der Waals surface area contributed by atoms with Gasteiger partial charge in [0.05, 0.1) is 25.9 Å². The standard InChI is InChI=1S/C38H57NO7/c1-27(2)33(40)43-26-23-39-34(41)38(11,12)44-25-22-36(7,8)46-32-19-15-30(16-20-32)37(9,10)29-13-17-31(18-14-29)45-35(5,6)21-24-42-28(3)4/h13-20,28H,1,21-26H2,2-12H3,(H,39,41). The lowest BCUT2D eigenvalue weighted by Crippen LogP contribution is -2.46. The number of carbonyl (C=O) groups is 2. The van der Waals surface area contributed by atoms with Gasteiger partial charge in [0.1, 0.15) is 34.9 Å². The highest BCUT2D eigenvalue weighted by Crippen LogP contribution is 2.34. The first-order valence-electron chi connectivity index (χ1n) is 16.2. The molecule has 8 heteroatoms. The van der Waals surface area contributed by atoms with Crippen LogP contribution in [0.5, 0.6) is 11.5 Å². The summed E-state index contributed by atoms with van der Waals surface area (Å²) in [6, 6.07) is 16.5. The molecule has 0 heterocycles. The monoisotopic (exact) mass is 639 g/mol. The Morgan fingerprint density at radius 3 is 1.63 bits per heavy atom. The van der Waals surface area contributed by atoms with E-state index in [1.165, 1.54) is 11.1 Å². The van der Waals surface area contributed by atoms with Crippen molar-refractivity contribution in [2.75, 3.05) is 26.4 Å². The minimum absolute atomic E-state index is 0.0688. The normalized spacial score (nSPS) is 12.5. The summed E-state index contributed by atoms with van der Waals surface area (Å²) in [6.45, 7) is 26.4. The number of nitrogens with one attached hydrogen (secondary N) is 1. The van der Waals surface area contributed by atoms with E-state index in [0.717, 1.165) is 17.9 Å². The first-order chi connectivity index (χ1) is 21.2. The quantitative estimate of drug-likeness (QED) is 0.0963. The van der Waals surface area contributed by atoms with Gasteiger partial charge in [-0.2, -0.15) is 0 Å². The molecule has 2 aromatic carbocycles. The molecule has 2 rings (SSSR count). The maximum atomic E-state index is 12.6. The van der Waals surface area contributed by atoms with Gasteiger partial charge >= 0.3 is 5.97 Å². The maximum absolute atomic E-state index is 12.6. The number of ether oxygens (including phenoxy) is 5. The molecule has 0 saturated carbocycles. The van der Waals surface area contributed by atoms with Crippen LogP contribution in [0.25, 0.3) is 0 Å². The van der Waals surface area contributed by atoms with Crippen LogP contribution < -0.4 is 14.8 Å². The number of rotatable bonds is 19. The first-order valence-corrected chi connectivity index (χ1v) is 16.2. The lowest BCUT2D eigenvalue weighted by Gasteiger charge is -2.30. The number of carbonyl (C=O) groups excluding carboxylic acids is 2. The smallest absolute Gasteiger partial charge is 0.333 e. The zero-order valence-corrected chi connectivity index (χ0v) is 30.0. The molecule has 0 atom stereocenters. The van der Waals surface area contributed by atoms with E-state index in [4.69, 9.17) is 23.7 Å². The van der Waals surface area contributed by atoms with E-state index in [2.05, 4.69) is 63.9 Å². The fourth-order valence-electron chi connectivity index (χ4n) is 4.59. The van der Waals surface area contributed by atoms with Crippen molar-refractivity contribution < 1.29 is 33.3 Å². The third kappa shape index (κ3) is 12.8. The van der Waals surface area contributed by atoms with E-state index in [-0.39, 0.29) is 36.2 Å². The third-order valence-electron chi connectivity index (χ3n) is 7.78. The van der Waals surface area contributed by atoms with Gasteiger partial charge in [-0.05, 0) is 97.7 Å². The summed E-state index contributed by atoms with van der Waals surface area (Å²) >= 11 is 0. The van der Waals surface area contributed by atoms with Gasteiger partial charge in [-0.3, -0.25) is 4.79 Å². The Morgan fingerprint density at radius 1 is 0.739 bits per heavy atom. The van der Waals surface area contributed by atoms with Crippen LogP contribution in [0.15, 0.2) is 60.7 Å². The Hall–Kier alpha value is -3.36. The van der Waals surface area contributed by atoms with Gasteiger partial charge in [0, 0.05) is 23.8 Å². The average molecular weight is 640 g/mol. The summed E-state index contributed by atoms with van der Waals surface area (Å²) < 4.78 is 29.2. The molecule has 1 N–H and O–H groups in total. The van der Waals surface area contributed by atoms with Crippen LogP contribution in [0.4, 0.5) is 0 Å². The van der Waals surface area contributed by atoms with Gasteiger partial charge in [0.15, 0.2) is 0 Å². The lowest BCUT2D eigenvalue weighted by atomic mass is 9.78. The van der Waals surface area contributed by atoms with Crippen molar-refractivity contribution in [2.24, 2.45) is 0 Å². The van der Waals surface area contributed by atoms with Gasteiger partial charge in [-0.25, -0.2) is 4.79 Å². The predicted molar refractivity (Wildman–Crippen MR) is 184 cm³/mol. The molecule has 0 saturated heterocycles. The molecule has 0 aromatic heterocycles.